The van der Waals surface area contributed by atoms with Crippen molar-refractivity contribution in [1.82, 2.24) is 15.3 Å². The molecule has 3 aromatic rings. The van der Waals surface area contributed by atoms with Gasteiger partial charge in [0.1, 0.15) is 17.1 Å². The number of aryl methyl sites for hydroxylation is 1. The number of piperazine rings is 1. The number of nitrogens with zero attached hydrogens (tertiary/aromatic N) is 3. The molecule has 0 saturated carbocycles. The van der Waals surface area contributed by atoms with Crippen LogP contribution in [0.4, 0.5) is 5.82 Å². The predicted molar refractivity (Wildman–Crippen MR) is 130 cm³/mol. The highest BCUT2D eigenvalue weighted by atomic mass is 35.5. The molecule has 160 valence electrons. The smallest absolute Gasteiger partial charge is 0.145 e. The molecule has 1 aliphatic rings. The summed E-state index contributed by atoms with van der Waals surface area (Å²) in [4.78, 5) is 11.6. The molecular formula is C20H26Cl4N4O. The zero-order valence-electron chi connectivity index (χ0n) is 16.3. The highest BCUT2D eigenvalue weighted by Crippen LogP contribution is 2.34. The fourth-order valence-electron chi connectivity index (χ4n) is 3.36. The number of methoxy groups -OCH3 is 1. The Balaban J connectivity index is 0.00000196. The summed E-state index contributed by atoms with van der Waals surface area (Å²) < 4.78 is 5.50. The molecule has 3 heterocycles. The van der Waals surface area contributed by atoms with Gasteiger partial charge in [0.2, 0.25) is 0 Å². The summed E-state index contributed by atoms with van der Waals surface area (Å²) >= 11 is 0. The molecule has 0 atom stereocenters. The number of fused-ring (bicyclic) bond motifs is 1. The van der Waals surface area contributed by atoms with E-state index in [0.717, 1.165) is 65.5 Å². The van der Waals surface area contributed by atoms with E-state index in [-0.39, 0.29) is 49.6 Å². The average Bonchev–Trinajstić information content (AvgIpc) is 2.68. The van der Waals surface area contributed by atoms with Gasteiger partial charge in [-0.3, -0.25) is 0 Å². The first-order chi connectivity index (χ1) is 12.3. The molecule has 2 aromatic heterocycles. The number of nitrogens with one attached hydrogen (secondary N) is 1. The van der Waals surface area contributed by atoms with Gasteiger partial charge in [0.25, 0.3) is 0 Å². The molecule has 29 heavy (non-hydrogen) atoms. The molecule has 1 fully saturated rings. The first kappa shape index (κ1) is 27.5. The normalized spacial score (nSPS) is 12.7. The lowest BCUT2D eigenvalue weighted by atomic mass is 10.0. The fourth-order valence-corrected chi connectivity index (χ4v) is 3.36. The zero-order valence-corrected chi connectivity index (χ0v) is 19.5. The molecule has 1 N–H and O–H groups in total. The van der Waals surface area contributed by atoms with E-state index in [2.05, 4.69) is 44.5 Å². The number of aromatic nitrogens is 2. The van der Waals surface area contributed by atoms with Crippen LogP contribution >= 0.6 is 49.6 Å². The van der Waals surface area contributed by atoms with Gasteiger partial charge >= 0.3 is 0 Å². The van der Waals surface area contributed by atoms with Crippen molar-refractivity contribution in [3.63, 3.8) is 0 Å². The van der Waals surface area contributed by atoms with Crippen molar-refractivity contribution in [2.45, 2.75) is 6.92 Å². The van der Waals surface area contributed by atoms with Crippen LogP contribution in [-0.2, 0) is 0 Å². The molecule has 0 spiro atoms. The lowest BCUT2D eigenvalue weighted by Crippen LogP contribution is -2.43. The Morgan fingerprint density at radius 3 is 2.38 bits per heavy atom. The van der Waals surface area contributed by atoms with Crippen molar-refractivity contribution >= 4 is 66.3 Å². The van der Waals surface area contributed by atoms with E-state index in [1.165, 1.54) is 0 Å². The third kappa shape index (κ3) is 5.77. The second-order valence-corrected chi connectivity index (χ2v) is 6.30. The standard InChI is InChI=1S/C20H22N4O.4ClH/c1-14-3-4-17-16(5-6-18(25-2)20(17)23-14)15-7-8-22-19(13-15)24-11-9-21-10-12-24;;;;/h3-8,13,21H,9-12H2,1-2H3;4*1H. The van der Waals surface area contributed by atoms with E-state index >= 15 is 0 Å². The van der Waals surface area contributed by atoms with Gasteiger partial charge in [-0.15, -0.1) is 49.6 Å². The molecule has 1 aliphatic heterocycles. The number of hydrogen-bond acceptors (Lipinski definition) is 5. The monoisotopic (exact) mass is 478 g/mol. The van der Waals surface area contributed by atoms with Crippen LogP contribution in [0, 0.1) is 6.92 Å². The van der Waals surface area contributed by atoms with E-state index in [1.807, 2.05) is 25.3 Å². The Labute approximate surface area is 196 Å². The molecular weight excluding hydrogens is 454 g/mol. The van der Waals surface area contributed by atoms with Gasteiger partial charge in [-0.25, -0.2) is 9.97 Å². The second kappa shape index (κ2) is 12.3. The first-order valence-corrected chi connectivity index (χ1v) is 8.63. The molecule has 1 saturated heterocycles. The van der Waals surface area contributed by atoms with Crippen LogP contribution in [0.15, 0.2) is 42.6 Å². The summed E-state index contributed by atoms with van der Waals surface area (Å²) in [5.74, 6) is 1.84. The number of halogens is 4. The van der Waals surface area contributed by atoms with Crippen molar-refractivity contribution in [3.8, 4) is 16.9 Å². The average molecular weight is 480 g/mol. The first-order valence-electron chi connectivity index (χ1n) is 8.63. The molecule has 9 heteroatoms. The summed E-state index contributed by atoms with van der Waals surface area (Å²) in [6.07, 6.45) is 1.89. The summed E-state index contributed by atoms with van der Waals surface area (Å²) in [5.41, 5.74) is 4.20. The predicted octanol–water partition coefficient (Wildman–Crippen LogP) is 4.71. The molecule has 4 rings (SSSR count). The minimum Gasteiger partial charge on any atom is -0.494 e. The van der Waals surface area contributed by atoms with Crippen LogP contribution < -0.4 is 15.0 Å². The summed E-state index contributed by atoms with van der Waals surface area (Å²) in [6, 6.07) is 12.5. The van der Waals surface area contributed by atoms with Crippen molar-refractivity contribution in [1.29, 1.82) is 0 Å². The Morgan fingerprint density at radius 2 is 1.69 bits per heavy atom. The highest BCUT2D eigenvalue weighted by molar-refractivity contribution is 5.98. The molecule has 0 unspecified atom stereocenters. The minimum absolute atomic E-state index is 0. The maximum absolute atomic E-state index is 5.50. The summed E-state index contributed by atoms with van der Waals surface area (Å²) in [5, 5.41) is 4.48. The zero-order chi connectivity index (χ0) is 17.2. The number of ether oxygens (including phenoxy) is 1. The summed E-state index contributed by atoms with van der Waals surface area (Å²) in [6.45, 7) is 5.97. The third-order valence-electron chi connectivity index (χ3n) is 4.68. The Bertz CT molecular complexity index is 920. The van der Waals surface area contributed by atoms with E-state index in [4.69, 9.17) is 4.74 Å². The molecule has 0 aliphatic carbocycles. The van der Waals surface area contributed by atoms with Crippen molar-refractivity contribution in [2.75, 3.05) is 38.2 Å². The van der Waals surface area contributed by atoms with Gasteiger partial charge in [0, 0.05) is 43.5 Å². The van der Waals surface area contributed by atoms with Crippen LogP contribution in [-0.4, -0.2) is 43.3 Å². The van der Waals surface area contributed by atoms with E-state index in [0.29, 0.717) is 0 Å². The largest absolute Gasteiger partial charge is 0.494 e. The van der Waals surface area contributed by atoms with Gasteiger partial charge < -0.3 is 15.0 Å². The third-order valence-corrected chi connectivity index (χ3v) is 4.68. The van der Waals surface area contributed by atoms with E-state index in [1.54, 1.807) is 7.11 Å². The number of benzene rings is 1. The Kier molecular flexibility index (Phi) is 11.6. The van der Waals surface area contributed by atoms with Crippen LogP contribution in [0.25, 0.3) is 22.0 Å². The Hall–Kier alpha value is -1.50. The number of pyridine rings is 2. The summed E-state index contributed by atoms with van der Waals surface area (Å²) in [7, 11) is 1.69. The van der Waals surface area contributed by atoms with Crippen molar-refractivity contribution in [3.05, 3.63) is 48.3 Å². The molecule has 0 radical (unpaired) electrons. The lowest BCUT2D eigenvalue weighted by molar-refractivity contribution is 0.419. The van der Waals surface area contributed by atoms with E-state index < -0.39 is 0 Å². The maximum Gasteiger partial charge on any atom is 0.145 e. The number of rotatable bonds is 3. The lowest BCUT2D eigenvalue weighted by Gasteiger charge is -2.28. The van der Waals surface area contributed by atoms with E-state index in [9.17, 15) is 0 Å². The second-order valence-electron chi connectivity index (χ2n) is 6.30. The van der Waals surface area contributed by atoms with Gasteiger partial charge in [0.05, 0.1) is 7.11 Å². The Morgan fingerprint density at radius 1 is 0.966 bits per heavy atom. The van der Waals surface area contributed by atoms with Crippen LogP contribution in [0.3, 0.4) is 0 Å². The fraction of sp³-hybridized carbons (Fsp3) is 0.300. The van der Waals surface area contributed by atoms with Crippen molar-refractivity contribution in [2.24, 2.45) is 0 Å². The molecule has 0 amide bonds. The SMILES string of the molecule is COc1ccc(-c2ccnc(N3CCNCC3)c2)c2ccc(C)nc12.Cl.Cl.Cl.Cl. The quantitative estimate of drug-likeness (QED) is 0.589. The van der Waals surface area contributed by atoms with Crippen LogP contribution in [0.2, 0.25) is 0 Å². The molecule has 0 bridgehead atoms. The van der Waals surface area contributed by atoms with Gasteiger partial charge in [-0.05, 0) is 48.4 Å². The van der Waals surface area contributed by atoms with Crippen molar-refractivity contribution < 1.29 is 4.74 Å². The molecule has 1 aromatic carbocycles. The van der Waals surface area contributed by atoms with Gasteiger partial charge in [-0.2, -0.15) is 0 Å². The number of hydrogen-bond donors (Lipinski definition) is 1. The minimum atomic E-state index is 0. The maximum atomic E-state index is 5.50. The topological polar surface area (TPSA) is 50.3 Å². The van der Waals surface area contributed by atoms with Crippen LogP contribution in [0.5, 0.6) is 5.75 Å². The van der Waals surface area contributed by atoms with Gasteiger partial charge in [0.15, 0.2) is 0 Å². The highest BCUT2D eigenvalue weighted by Gasteiger charge is 2.14. The van der Waals surface area contributed by atoms with Crippen LogP contribution in [0.1, 0.15) is 5.69 Å². The van der Waals surface area contributed by atoms with Gasteiger partial charge in [-0.1, -0.05) is 6.07 Å². The number of anilines is 1. The molecule has 5 nitrogen and oxygen atoms in total.